The van der Waals surface area contributed by atoms with Gasteiger partial charge in [-0.1, -0.05) is 29.8 Å². The van der Waals surface area contributed by atoms with Crippen LogP contribution < -0.4 is 5.32 Å². The highest BCUT2D eigenvalue weighted by Crippen LogP contribution is 2.09. The lowest BCUT2D eigenvalue weighted by Gasteiger charge is -2.29. The highest BCUT2D eigenvalue weighted by atomic mass is 32.1. The minimum absolute atomic E-state index is 0.659. The molecule has 0 unspecified atom stereocenters. The molecule has 1 aromatic carbocycles. The summed E-state index contributed by atoms with van der Waals surface area (Å²) in [6.45, 7) is 10.2. The van der Waals surface area contributed by atoms with Gasteiger partial charge in [0.2, 0.25) is 0 Å². The zero-order chi connectivity index (χ0) is 17.9. The Hall–Kier alpha value is -1.21. The summed E-state index contributed by atoms with van der Waals surface area (Å²) >= 11 is 5.62. The Morgan fingerprint density at radius 1 is 1.36 bits per heavy atom. The SMILES string of the molecule is COCCNC(=S)N(CCCN1CCOCC1)Cc1cccc(C)c1. The van der Waals surface area contributed by atoms with E-state index in [1.54, 1.807) is 7.11 Å². The van der Waals surface area contributed by atoms with Crippen LogP contribution in [0.15, 0.2) is 24.3 Å². The van der Waals surface area contributed by atoms with E-state index in [0.717, 1.165) is 64.0 Å². The Kier molecular flexibility index (Phi) is 9.18. The van der Waals surface area contributed by atoms with Crippen molar-refractivity contribution in [2.45, 2.75) is 19.9 Å². The van der Waals surface area contributed by atoms with Crippen LogP contribution in [-0.2, 0) is 16.0 Å². The third-order valence-electron chi connectivity index (χ3n) is 4.33. The minimum Gasteiger partial charge on any atom is -0.383 e. The molecule has 0 amide bonds. The number of nitrogens with zero attached hydrogens (tertiary/aromatic N) is 2. The van der Waals surface area contributed by atoms with E-state index in [1.807, 2.05) is 0 Å². The number of ether oxygens (including phenoxy) is 2. The van der Waals surface area contributed by atoms with Crippen molar-refractivity contribution in [2.24, 2.45) is 0 Å². The normalized spacial score (nSPS) is 15.1. The van der Waals surface area contributed by atoms with Crippen molar-refractivity contribution in [3.05, 3.63) is 35.4 Å². The van der Waals surface area contributed by atoms with Crippen molar-refractivity contribution < 1.29 is 9.47 Å². The van der Waals surface area contributed by atoms with Crippen LogP contribution in [0.25, 0.3) is 0 Å². The van der Waals surface area contributed by atoms with Crippen LogP contribution in [0.5, 0.6) is 0 Å². The molecular formula is C19H31N3O2S. The quantitative estimate of drug-likeness (QED) is 0.533. The predicted molar refractivity (Wildman–Crippen MR) is 106 cm³/mol. The molecule has 1 saturated heterocycles. The molecule has 0 aliphatic carbocycles. The van der Waals surface area contributed by atoms with Crippen LogP contribution in [0.3, 0.4) is 0 Å². The Morgan fingerprint density at radius 2 is 2.16 bits per heavy atom. The standard InChI is InChI=1S/C19H31N3O2S/c1-17-5-3-6-18(15-17)16-22(19(25)20-7-12-23-2)9-4-8-21-10-13-24-14-11-21/h3,5-6,15H,4,7-14,16H2,1-2H3,(H,20,25). The van der Waals surface area contributed by atoms with Crippen molar-refractivity contribution in [1.82, 2.24) is 15.1 Å². The van der Waals surface area contributed by atoms with Crippen molar-refractivity contribution >= 4 is 17.3 Å². The highest BCUT2D eigenvalue weighted by Gasteiger charge is 2.13. The Balaban J connectivity index is 1.87. The smallest absolute Gasteiger partial charge is 0.169 e. The molecule has 6 heteroatoms. The molecule has 1 fully saturated rings. The third kappa shape index (κ3) is 7.69. The lowest BCUT2D eigenvalue weighted by atomic mass is 10.1. The summed E-state index contributed by atoms with van der Waals surface area (Å²) in [6.07, 6.45) is 1.10. The maximum absolute atomic E-state index is 5.62. The second kappa shape index (κ2) is 11.4. The molecule has 140 valence electrons. The van der Waals surface area contributed by atoms with Crippen molar-refractivity contribution in [2.75, 3.05) is 59.7 Å². The monoisotopic (exact) mass is 365 g/mol. The average Bonchev–Trinajstić information content (AvgIpc) is 2.62. The van der Waals surface area contributed by atoms with E-state index >= 15 is 0 Å². The molecule has 0 spiro atoms. The van der Waals surface area contributed by atoms with Gasteiger partial charge in [-0.3, -0.25) is 4.90 Å². The molecular weight excluding hydrogens is 334 g/mol. The van der Waals surface area contributed by atoms with Gasteiger partial charge < -0.3 is 19.7 Å². The summed E-state index contributed by atoms with van der Waals surface area (Å²) in [4.78, 5) is 4.73. The van der Waals surface area contributed by atoms with Crippen molar-refractivity contribution in [3.63, 3.8) is 0 Å². The van der Waals surface area contributed by atoms with E-state index in [2.05, 4.69) is 46.3 Å². The highest BCUT2D eigenvalue weighted by molar-refractivity contribution is 7.80. The van der Waals surface area contributed by atoms with E-state index in [9.17, 15) is 0 Å². The first kappa shape index (κ1) is 20.1. The van der Waals surface area contributed by atoms with E-state index in [1.165, 1.54) is 11.1 Å². The predicted octanol–water partition coefficient (Wildman–Crippen LogP) is 2.04. The Labute approximate surface area is 157 Å². The summed E-state index contributed by atoms with van der Waals surface area (Å²) in [5.74, 6) is 0. The number of benzene rings is 1. The molecule has 0 saturated carbocycles. The molecule has 2 rings (SSSR count). The van der Waals surface area contributed by atoms with Gasteiger partial charge in [-0.15, -0.1) is 0 Å². The lowest BCUT2D eigenvalue weighted by molar-refractivity contribution is 0.0367. The van der Waals surface area contributed by atoms with Gasteiger partial charge in [-0.05, 0) is 31.1 Å². The molecule has 1 heterocycles. The average molecular weight is 366 g/mol. The van der Waals surface area contributed by atoms with E-state index in [0.29, 0.717) is 6.61 Å². The van der Waals surface area contributed by atoms with Crippen LogP contribution in [-0.4, -0.2) is 74.6 Å². The van der Waals surface area contributed by atoms with E-state index in [-0.39, 0.29) is 0 Å². The van der Waals surface area contributed by atoms with Gasteiger partial charge >= 0.3 is 0 Å². The number of aryl methyl sites for hydroxylation is 1. The first-order chi connectivity index (χ1) is 12.2. The maximum Gasteiger partial charge on any atom is 0.169 e. The van der Waals surface area contributed by atoms with E-state index < -0.39 is 0 Å². The van der Waals surface area contributed by atoms with Crippen LogP contribution in [0.1, 0.15) is 17.5 Å². The summed E-state index contributed by atoms with van der Waals surface area (Å²) in [5, 5.41) is 4.11. The fraction of sp³-hybridized carbons (Fsp3) is 0.632. The molecule has 0 bridgehead atoms. The van der Waals surface area contributed by atoms with E-state index in [4.69, 9.17) is 21.7 Å². The largest absolute Gasteiger partial charge is 0.383 e. The summed E-state index contributed by atoms with van der Waals surface area (Å²) in [7, 11) is 1.71. The summed E-state index contributed by atoms with van der Waals surface area (Å²) < 4.78 is 10.5. The van der Waals surface area contributed by atoms with Gasteiger partial charge in [-0.2, -0.15) is 0 Å². The fourth-order valence-corrected chi connectivity index (χ4v) is 3.22. The molecule has 0 radical (unpaired) electrons. The minimum atomic E-state index is 0.659. The van der Waals surface area contributed by atoms with Crippen LogP contribution in [0.2, 0.25) is 0 Å². The fourth-order valence-electron chi connectivity index (χ4n) is 2.97. The third-order valence-corrected chi connectivity index (χ3v) is 4.73. The molecule has 0 aromatic heterocycles. The second-order valence-electron chi connectivity index (χ2n) is 6.44. The number of methoxy groups -OCH3 is 1. The molecule has 1 aliphatic rings. The van der Waals surface area contributed by atoms with Crippen LogP contribution in [0, 0.1) is 6.92 Å². The second-order valence-corrected chi connectivity index (χ2v) is 6.83. The number of nitrogens with one attached hydrogen (secondary N) is 1. The number of morpholine rings is 1. The molecule has 25 heavy (non-hydrogen) atoms. The number of hydrogen-bond acceptors (Lipinski definition) is 4. The molecule has 5 nitrogen and oxygen atoms in total. The van der Waals surface area contributed by atoms with Crippen molar-refractivity contribution in [3.8, 4) is 0 Å². The summed E-state index contributed by atoms with van der Waals surface area (Å²) in [5.41, 5.74) is 2.58. The van der Waals surface area contributed by atoms with Crippen molar-refractivity contribution in [1.29, 1.82) is 0 Å². The van der Waals surface area contributed by atoms with Gasteiger partial charge in [0.15, 0.2) is 5.11 Å². The van der Waals surface area contributed by atoms with Crippen LogP contribution in [0.4, 0.5) is 0 Å². The summed E-state index contributed by atoms with van der Waals surface area (Å²) in [6, 6.07) is 8.63. The maximum atomic E-state index is 5.62. The lowest BCUT2D eigenvalue weighted by Crippen LogP contribution is -2.42. The topological polar surface area (TPSA) is 37.0 Å². The Bertz CT molecular complexity index is 521. The zero-order valence-electron chi connectivity index (χ0n) is 15.5. The first-order valence-corrected chi connectivity index (χ1v) is 9.47. The number of thiocarbonyl (C=S) groups is 1. The van der Waals surface area contributed by atoms with Gasteiger partial charge in [0, 0.05) is 46.4 Å². The van der Waals surface area contributed by atoms with Gasteiger partial charge in [0.05, 0.1) is 19.8 Å². The number of hydrogen-bond donors (Lipinski definition) is 1. The van der Waals surface area contributed by atoms with Gasteiger partial charge in [0.1, 0.15) is 0 Å². The van der Waals surface area contributed by atoms with Crippen LogP contribution >= 0.6 is 12.2 Å². The number of rotatable bonds is 9. The van der Waals surface area contributed by atoms with Gasteiger partial charge in [0.25, 0.3) is 0 Å². The Morgan fingerprint density at radius 3 is 2.88 bits per heavy atom. The molecule has 1 N–H and O–H groups in total. The molecule has 1 aliphatic heterocycles. The van der Waals surface area contributed by atoms with Gasteiger partial charge in [-0.25, -0.2) is 0 Å². The first-order valence-electron chi connectivity index (χ1n) is 9.06. The molecule has 0 atom stereocenters. The molecule has 1 aromatic rings. The zero-order valence-corrected chi connectivity index (χ0v) is 16.3.